The molecule has 118 valence electrons. The fourth-order valence-corrected chi connectivity index (χ4v) is 3.48. The fourth-order valence-electron chi connectivity index (χ4n) is 3.48. The SMILES string of the molecule is CC(C)C1CCCCC1NC(=O)[C@@H]1CC[C@H](CN)O1.Cl. The first kappa shape index (κ1) is 17.7. The van der Waals surface area contributed by atoms with Gasteiger partial charge in [0.25, 0.3) is 0 Å². The number of hydrogen-bond acceptors (Lipinski definition) is 3. The summed E-state index contributed by atoms with van der Waals surface area (Å²) in [5.74, 6) is 1.32. The zero-order valence-electron chi connectivity index (χ0n) is 12.6. The van der Waals surface area contributed by atoms with Gasteiger partial charge in [-0.3, -0.25) is 4.79 Å². The Hall–Kier alpha value is -0.320. The van der Waals surface area contributed by atoms with E-state index in [0.29, 0.717) is 24.4 Å². The molecule has 0 aromatic rings. The van der Waals surface area contributed by atoms with E-state index in [4.69, 9.17) is 10.5 Å². The number of carbonyl (C=O) groups is 1. The van der Waals surface area contributed by atoms with E-state index in [1.165, 1.54) is 19.3 Å². The Balaban J connectivity index is 0.00000200. The van der Waals surface area contributed by atoms with E-state index in [-0.39, 0.29) is 30.5 Å². The highest BCUT2D eigenvalue weighted by atomic mass is 35.5. The molecule has 1 heterocycles. The molecular formula is C15H29ClN2O2. The van der Waals surface area contributed by atoms with Gasteiger partial charge >= 0.3 is 0 Å². The molecule has 2 aliphatic rings. The summed E-state index contributed by atoms with van der Waals surface area (Å²) in [5, 5.41) is 3.23. The summed E-state index contributed by atoms with van der Waals surface area (Å²) in [6, 6.07) is 0.335. The van der Waals surface area contributed by atoms with Crippen LogP contribution in [0.1, 0.15) is 52.4 Å². The van der Waals surface area contributed by atoms with Crippen LogP contribution in [0.15, 0.2) is 0 Å². The smallest absolute Gasteiger partial charge is 0.249 e. The molecule has 1 amide bonds. The fraction of sp³-hybridized carbons (Fsp3) is 0.933. The molecule has 2 fully saturated rings. The van der Waals surface area contributed by atoms with Crippen LogP contribution in [0.5, 0.6) is 0 Å². The Kier molecular flexibility index (Phi) is 7.27. The maximum Gasteiger partial charge on any atom is 0.249 e. The summed E-state index contributed by atoms with van der Waals surface area (Å²) >= 11 is 0. The number of carbonyl (C=O) groups excluding carboxylic acids is 1. The van der Waals surface area contributed by atoms with Gasteiger partial charge < -0.3 is 15.8 Å². The number of nitrogens with two attached hydrogens (primary N) is 1. The molecule has 0 bridgehead atoms. The third kappa shape index (κ3) is 4.34. The van der Waals surface area contributed by atoms with Crippen LogP contribution in [0.25, 0.3) is 0 Å². The summed E-state index contributed by atoms with van der Waals surface area (Å²) in [4.78, 5) is 12.3. The van der Waals surface area contributed by atoms with Crippen molar-refractivity contribution >= 4 is 18.3 Å². The Morgan fingerprint density at radius 1 is 1.25 bits per heavy atom. The lowest BCUT2D eigenvalue weighted by Crippen LogP contribution is -2.47. The third-order valence-electron chi connectivity index (χ3n) is 4.67. The van der Waals surface area contributed by atoms with Crippen molar-refractivity contribution in [2.75, 3.05) is 6.54 Å². The normalized spacial score (nSPS) is 33.8. The number of ether oxygens (including phenoxy) is 1. The first-order valence-corrected chi connectivity index (χ1v) is 7.77. The summed E-state index contributed by atoms with van der Waals surface area (Å²) in [6.07, 6.45) is 6.39. The van der Waals surface area contributed by atoms with E-state index in [2.05, 4.69) is 19.2 Å². The van der Waals surface area contributed by atoms with Gasteiger partial charge in [-0.2, -0.15) is 0 Å². The van der Waals surface area contributed by atoms with Crippen LogP contribution < -0.4 is 11.1 Å². The first-order chi connectivity index (χ1) is 9.11. The number of nitrogens with one attached hydrogen (secondary N) is 1. The molecule has 0 spiro atoms. The van der Waals surface area contributed by atoms with Crippen molar-refractivity contribution in [3.63, 3.8) is 0 Å². The van der Waals surface area contributed by atoms with Crippen molar-refractivity contribution in [2.24, 2.45) is 17.6 Å². The van der Waals surface area contributed by atoms with Gasteiger partial charge in [-0.15, -0.1) is 12.4 Å². The van der Waals surface area contributed by atoms with E-state index in [1.54, 1.807) is 0 Å². The minimum absolute atomic E-state index is 0. The molecule has 2 rings (SSSR count). The first-order valence-electron chi connectivity index (χ1n) is 7.77. The third-order valence-corrected chi connectivity index (χ3v) is 4.67. The average molecular weight is 305 g/mol. The molecule has 1 saturated heterocycles. The Labute approximate surface area is 128 Å². The van der Waals surface area contributed by atoms with Crippen molar-refractivity contribution in [1.29, 1.82) is 0 Å². The lowest BCUT2D eigenvalue weighted by molar-refractivity contribution is -0.133. The van der Waals surface area contributed by atoms with Crippen molar-refractivity contribution < 1.29 is 9.53 Å². The number of rotatable bonds is 4. The van der Waals surface area contributed by atoms with Crippen LogP contribution in [0.3, 0.4) is 0 Å². The molecule has 4 atom stereocenters. The Bertz CT molecular complexity index is 312. The molecule has 1 saturated carbocycles. The minimum atomic E-state index is -0.275. The lowest BCUT2D eigenvalue weighted by atomic mass is 9.78. The molecule has 1 aliphatic heterocycles. The van der Waals surface area contributed by atoms with Crippen molar-refractivity contribution in [2.45, 2.75) is 70.6 Å². The second-order valence-corrected chi connectivity index (χ2v) is 6.37. The minimum Gasteiger partial charge on any atom is -0.364 e. The van der Waals surface area contributed by atoms with E-state index in [9.17, 15) is 4.79 Å². The van der Waals surface area contributed by atoms with E-state index >= 15 is 0 Å². The van der Waals surface area contributed by atoms with Gasteiger partial charge in [0.05, 0.1) is 6.10 Å². The molecule has 5 heteroatoms. The molecule has 20 heavy (non-hydrogen) atoms. The second kappa shape index (κ2) is 8.20. The topological polar surface area (TPSA) is 64.4 Å². The van der Waals surface area contributed by atoms with E-state index in [0.717, 1.165) is 19.3 Å². The van der Waals surface area contributed by atoms with Crippen molar-refractivity contribution in [3.8, 4) is 0 Å². The highest BCUT2D eigenvalue weighted by Gasteiger charge is 2.34. The van der Waals surface area contributed by atoms with Gasteiger partial charge in [-0.25, -0.2) is 0 Å². The summed E-state index contributed by atoms with van der Waals surface area (Å²) in [7, 11) is 0. The quantitative estimate of drug-likeness (QED) is 0.837. The van der Waals surface area contributed by atoms with Crippen LogP contribution in [0.2, 0.25) is 0 Å². The standard InChI is InChI=1S/C15H28N2O2.ClH/c1-10(2)12-5-3-4-6-13(12)17-15(18)14-8-7-11(9-16)19-14;/h10-14H,3-9,16H2,1-2H3,(H,17,18);1H/t11-,12?,13?,14+;/m1./s1. The molecular weight excluding hydrogens is 276 g/mol. The van der Waals surface area contributed by atoms with Gasteiger partial charge in [0.1, 0.15) is 6.10 Å². The number of hydrogen-bond donors (Lipinski definition) is 2. The maximum atomic E-state index is 12.3. The number of amides is 1. The van der Waals surface area contributed by atoms with Crippen molar-refractivity contribution in [3.05, 3.63) is 0 Å². The van der Waals surface area contributed by atoms with Crippen LogP contribution in [0, 0.1) is 11.8 Å². The Morgan fingerprint density at radius 3 is 2.55 bits per heavy atom. The molecule has 3 N–H and O–H groups in total. The maximum absolute atomic E-state index is 12.3. The molecule has 4 nitrogen and oxygen atoms in total. The second-order valence-electron chi connectivity index (χ2n) is 6.37. The number of halogens is 1. The molecule has 0 aromatic heterocycles. The summed E-state index contributed by atoms with van der Waals surface area (Å²) in [6.45, 7) is 5.03. The van der Waals surface area contributed by atoms with E-state index in [1.807, 2.05) is 0 Å². The molecule has 2 unspecified atom stereocenters. The van der Waals surface area contributed by atoms with Gasteiger partial charge in [0, 0.05) is 12.6 Å². The predicted molar refractivity (Wildman–Crippen MR) is 82.9 cm³/mol. The highest BCUT2D eigenvalue weighted by molar-refractivity contribution is 5.85. The van der Waals surface area contributed by atoms with Crippen LogP contribution in [-0.2, 0) is 9.53 Å². The van der Waals surface area contributed by atoms with Gasteiger partial charge in [-0.05, 0) is 37.5 Å². The van der Waals surface area contributed by atoms with Crippen LogP contribution >= 0.6 is 12.4 Å². The summed E-state index contributed by atoms with van der Waals surface area (Å²) in [5.41, 5.74) is 5.59. The zero-order chi connectivity index (χ0) is 13.8. The lowest BCUT2D eigenvalue weighted by Gasteiger charge is -2.35. The van der Waals surface area contributed by atoms with Gasteiger partial charge in [0.15, 0.2) is 0 Å². The molecule has 0 aromatic carbocycles. The van der Waals surface area contributed by atoms with Crippen LogP contribution in [0.4, 0.5) is 0 Å². The predicted octanol–water partition coefficient (Wildman–Crippen LogP) is 2.25. The Morgan fingerprint density at radius 2 is 1.95 bits per heavy atom. The molecule has 0 radical (unpaired) electrons. The van der Waals surface area contributed by atoms with Gasteiger partial charge in [0.2, 0.25) is 5.91 Å². The molecule has 1 aliphatic carbocycles. The largest absolute Gasteiger partial charge is 0.364 e. The van der Waals surface area contributed by atoms with Gasteiger partial charge in [-0.1, -0.05) is 26.7 Å². The summed E-state index contributed by atoms with van der Waals surface area (Å²) < 4.78 is 5.67. The van der Waals surface area contributed by atoms with Crippen LogP contribution in [-0.4, -0.2) is 30.7 Å². The zero-order valence-corrected chi connectivity index (χ0v) is 13.5. The average Bonchev–Trinajstić information content (AvgIpc) is 2.88. The van der Waals surface area contributed by atoms with Crippen molar-refractivity contribution in [1.82, 2.24) is 5.32 Å². The van der Waals surface area contributed by atoms with E-state index < -0.39 is 0 Å². The highest BCUT2D eigenvalue weighted by Crippen LogP contribution is 2.30. The monoisotopic (exact) mass is 304 g/mol.